The highest BCUT2D eigenvalue weighted by molar-refractivity contribution is 9.10. The van der Waals surface area contributed by atoms with Crippen molar-refractivity contribution >= 4 is 15.9 Å². The maximum Gasteiger partial charge on any atom is 0.148 e. The summed E-state index contributed by atoms with van der Waals surface area (Å²) < 4.78 is 19.1. The van der Waals surface area contributed by atoms with Crippen LogP contribution in [0.4, 0.5) is 4.39 Å². The molecule has 0 unspecified atom stereocenters. The fraction of sp³-hybridized carbons (Fsp3) is 0.0909. The third-order valence-corrected chi connectivity index (χ3v) is 2.77. The van der Waals surface area contributed by atoms with E-state index in [1.165, 1.54) is 12.1 Å². The second-order valence-electron chi connectivity index (χ2n) is 3.10. The lowest BCUT2D eigenvalue weighted by molar-refractivity contribution is 0.579. The van der Waals surface area contributed by atoms with E-state index < -0.39 is 0 Å². The Hall–Kier alpha value is -1.13. The fourth-order valence-electron chi connectivity index (χ4n) is 1.44. The van der Waals surface area contributed by atoms with Gasteiger partial charge in [0.1, 0.15) is 11.6 Å². The van der Waals surface area contributed by atoms with Gasteiger partial charge in [-0.3, -0.25) is 0 Å². The molecule has 1 aromatic carbocycles. The number of rotatable bonds is 2. The van der Waals surface area contributed by atoms with E-state index in [-0.39, 0.29) is 12.4 Å². The number of halogens is 2. The van der Waals surface area contributed by atoms with Gasteiger partial charge in [0.05, 0.1) is 10.7 Å². The molecule has 0 aliphatic carbocycles. The topological polar surface area (TPSA) is 39.2 Å². The van der Waals surface area contributed by atoms with Gasteiger partial charge < -0.3 is 10.2 Å². The fourth-order valence-corrected chi connectivity index (χ4v) is 1.85. The van der Waals surface area contributed by atoms with Crippen LogP contribution in [0.25, 0.3) is 11.3 Å². The molecule has 0 amide bonds. The van der Waals surface area contributed by atoms with E-state index in [1.807, 2.05) is 0 Å². The van der Waals surface area contributed by atoms with Gasteiger partial charge in [0, 0.05) is 12.1 Å². The molecule has 2 N–H and O–H groups in total. The molecule has 0 bridgehead atoms. The van der Waals surface area contributed by atoms with E-state index in [1.54, 1.807) is 18.4 Å². The van der Waals surface area contributed by atoms with Crippen molar-refractivity contribution < 1.29 is 8.81 Å². The van der Waals surface area contributed by atoms with Gasteiger partial charge in [-0.15, -0.1) is 0 Å². The van der Waals surface area contributed by atoms with Crippen molar-refractivity contribution in [3.63, 3.8) is 0 Å². The van der Waals surface area contributed by atoms with E-state index in [9.17, 15) is 4.39 Å². The maximum absolute atomic E-state index is 13.0. The molecule has 2 aromatic rings. The Kier molecular flexibility index (Phi) is 2.88. The lowest BCUT2D eigenvalue weighted by atomic mass is 10.1. The number of furan rings is 1. The molecule has 0 radical (unpaired) electrons. The summed E-state index contributed by atoms with van der Waals surface area (Å²) in [5.41, 5.74) is 7.10. The van der Waals surface area contributed by atoms with E-state index in [2.05, 4.69) is 15.9 Å². The lowest BCUT2D eigenvalue weighted by Crippen LogP contribution is -1.99. The summed E-state index contributed by atoms with van der Waals surface area (Å²) in [6.45, 7) is 0.278. The molecule has 1 heterocycles. The zero-order valence-corrected chi connectivity index (χ0v) is 9.42. The van der Waals surface area contributed by atoms with Crippen LogP contribution in [-0.4, -0.2) is 0 Å². The largest absolute Gasteiger partial charge is 0.463 e. The van der Waals surface area contributed by atoms with Crippen LogP contribution in [0.2, 0.25) is 0 Å². The second-order valence-corrected chi connectivity index (χ2v) is 3.96. The van der Waals surface area contributed by atoms with Crippen LogP contribution >= 0.6 is 15.9 Å². The first-order valence-electron chi connectivity index (χ1n) is 4.44. The predicted octanol–water partition coefficient (Wildman–Crippen LogP) is 3.31. The molecule has 0 aliphatic rings. The molecule has 2 rings (SSSR count). The number of hydrogen-bond acceptors (Lipinski definition) is 2. The zero-order valence-electron chi connectivity index (χ0n) is 7.84. The van der Waals surface area contributed by atoms with Crippen molar-refractivity contribution in [1.29, 1.82) is 0 Å². The Morgan fingerprint density at radius 1 is 1.33 bits per heavy atom. The zero-order chi connectivity index (χ0) is 10.8. The normalized spacial score (nSPS) is 10.6. The first-order chi connectivity index (χ1) is 7.22. The van der Waals surface area contributed by atoms with E-state index in [0.717, 1.165) is 15.6 Å². The standard InChI is InChI=1S/C11H9BrFNO/c12-10-3-4-15-11(10)9-2-1-8(13)5-7(9)6-14/h1-5H,6,14H2. The Bertz CT molecular complexity index is 481. The number of hydrogen-bond donors (Lipinski definition) is 1. The SMILES string of the molecule is NCc1cc(F)ccc1-c1occc1Br. The number of benzene rings is 1. The minimum Gasteiger partial charge on any atom is -0.463 e. The van der Waals surface area contributed by atoms with Crippen LogP contribution in [0, 0.1) is 5.82 Å². The highest BCUT2D eigenvalue weighted by atomic mass is 79.9. The van der Waals surface area contributed by atoms with Gasteiger partial charge in [-0.25, -0.2) is 4.39 Å². The van der Waals surface area contributed by atoms with Gasteiger partial charge in [0.25, 0.3) is 0 Å². The molecule has 0 atom stereocenters. The molecule has 78 valence electrons. The summed E-state index contributed by atoms with van der Waals surface area (Å²) in [5, 5.41) is 0. The molecule has 2 nitrogen and oxygen atoms in total. The molecule has 0 aliphatic heterocycles. The Labute approximate surface area is 95.0 Å². The van der Waals surface area contributed by atoms with Gasteiger partial charge in [-0.05, 0) is 45.8 Å². The van der Waals surface area contributed by atoms with Crippen molar-refractivity contribution in [2.75, 3.05) is 0 Å². The van der Waals surface area contributed by atoms with Crippen LogP contribution < -0.4 is 5.73 Å². The Morgan fingerprint density at radius 3 is 2.73 bits per heavy atom. The third kappa shape index (κ3) is 1.96. The third-order valence-electron chi connectivity index (χ3n) is 2.15. The first kappa shape index (κ1) is 10.4. The molecule has 0 saturated heterocycles. The van der Waals surface area contributed by atoms with Gasteiger partial charge >= 0.3 is 0 Å². The summed E-state index contributed by atoms with van der Waals surface area (Å²) >= 11 is 3.36. The molecule has 1 aromatic heterocycles. The van der Waals surface area contributed by atoms with Gasteiger partial charge in [0.2, 0.25) is 0 Å². The smallest absolute Gasteiger partial charge is 0.148 e. The molecule has 4 heteroatoms. The Balaban J connectivity index is 2.58. The average molecular weight is 270 g/mol. The van der Waals surface area contributed by atoms with E-state index in [0.29, 0.717) is 5.76 Å². The van der Waals surface area contributed by atoms with Crippen molar-refractivity contribution in [3.05, 3.63) is 46.4 Å². The van der Waals surface area contributed by atoms with Crippen LogP contribution in [0.5, 0.6) is 0 Å². The van der Waals surface area contributed by atoms with Crippen LogP contribution in [-0.2, 0) is 6.54 Å². The quantitative estimate of drug-likeness (QED) is 0.909. The summed E-state index contributed by atoms with van der Waals surface area (Å²) in [7, 11) is 0. The second kappa shape index (κ2) is 4.16. The van der Waals surface area contributed by atoms with Gasteiger partial charge in [0.15, 0.2) is 0 Å². The van der Waals surface area contributed by atoms with Crippen molar-refractivity contribution in [3.8, 4) is 11.3 Å². The summed E-state index contributed by atoms with van der Waals surface area (Å²) in [6, 6.07) is 6.27. The maximum atomic E-state index is 13.0. The molecule has 0 fully saturated rings. The minimum absolute atomic E-state index is 0.278. The number of nitrogens with two attached hydrogens (primary N) is 1. The molecule has 0 saturated carbocycles. The van der Waals surface area contributed by atoms with Gasteiger partial charge in [-0.2, -0.15) is 0 Å². The van der Waals surface area contributed by atoms with Crippen LogP contribution in [0.3, 0.4) is 0 Å². The minimum atomic E-state index is -0.290. The summed E-state index contributed by atoms with van der Waals surface area (Å²) in [5.74, 6) is 0.386. The summed E-state index contributed by atoms with van der Waals surface area (Å²) in [6.07, 6.45) is 1.57. The van der Waals surface area contributed by atoms with Crippen molar-refractivity contribution in [1.82, 2.24) is 0 Å². The highest BCUT2D eigenvalue weighted by Crippen LogP contribution is 2.31. The molecule has 0 spiro atoms. The van der Waals surface area contributed by atoms with Crippen molar-refractivity contribution in [2.45, 2.75) is 6.54 Å². The van der Waals surface area contributed by atoms with E-state index >= 15 is 0 Å². The van der Waals surface area contributed by atoms with Gasteiger partial charge in [-0.1, -0.05) is 0 Å². The Morgan fingerprint density at radius 2 is 2.13 bits per heavy atom. The monoisotopic (exact) mass is 269 g/mol. The van der Waals surface area contributed by atoms with Crippen LogP contribution in [0.1, 0.15) is 5.56 Å². The molecular formula is C11H9BrFNO. The lowest BCUT2D eigenvalue weighted by Gasteiger charge is -2.05. The summed E-state index contributed by atoms with van der Waals surface area (Å²) in [4.78, 5) is 0. The highest BCUT2D eigenvalue weighted by Gasteiger charge is 2.11. The van der Waals surface area contributed by atoms with E-state index in [4.69, 9.17) is 10.2 Å². The molecule has 15 heavy (non-hydrogen) atoms. The van der Waals surface area contributed by atoms with Crippen LogP contribution in [0.15, 0.2) is 39.4 Å². The average Bonchev–Trinajstić information content (AvgIpc) is 2.64. The predicted molar refractivity (Wildman–Crippen MR) is 59.7 cm³/mol. The first-order valence-corrected chi connectivity index (χ1v) is 5.23. The van der Waals surface area contributed by atoms with Crippen molar-refractivity contribution in [2.24, 2.45) is 5.73 Å². The molecular weight excluding hydrogens is 261 g/mol.